The first kappa shape index (κ1) is 13.9. The summed E-state index contributed by atoms with van der Waals surface area (Å²) in [6.45, 7) is 4.03. The van der Waals surface area contributed by atoms with Crippen LogP contribution in [0.1, 0.15) is 32.3 Å². The molecular weight excluding hydrogens is 241 g/mol. The molecule has 2 unspecified atom stereocenters. The molecule has 0 radical (unpaired) electrons. The summed E-state index contributed by atoms with van der Waals surface area (Å²) in [7, 11) is -3.16. The summed E-state index contributed by atoms with van der Waals surface area (Å²) in [5, 5.41) is 6.85. The van der Waals surface area contributed by atoms with Gasteiger partial charge in [-0.25, -0.2) is 5.09 Å². The van der Waals surface area contributed by atoms with Gasteiger partial charge in [-0.3, -0.25) is 4.57 Å². The predicted molar refractivity (Wildman–Crippen MR) is 70.2 cm³/mol. The lowest BCUT2D eigenvalue weighted by Gasteiger charge is -2.18. The second kappa shape index (κ2) is 6.55. The number of rotatable bonds is 7. The van der Waals surface area contributed by atoms with Crippen LogP contribution in [0.5, 0.6) is 0 Å². The fourth-order valence-corrected chi connectivity index (χ4v) is 3.83. The van der Waals surface area contributed by atoms with Gasteiger partial charge >= 0.3 is 0 Å². The molecule has 0 fully saturated rings. The van der Waals surface area contributed by atoms with E-state index in [9.17, 15) is 9.46 Å². The minimum absolute atomic E-state index is 0.114. The van der Waals surface area contributed by atoms with E-state index in [4.69, 9.17) is 0 Å². The van der Waals surface area contributed by atoms with Gasteiger partial charge in [0.2, 0.25) is 0 Å². The van der Waals surface area contributed by atoms with Crippen LogP contribution in [0, 0.1) is 0 Å². The lowest BCUT2D eigenvalue weighted by atomic mass is 10.2. The molecule has 3 nitrogen and oxygen atoms in total. The van der Waals surface area contributed by atoms with Gasteiger partial charge in [-0.05, 0) is 42.2 Å². The normalized spacial score (nSPS) is 16.9. The van der Waals surface area contributed by atoms with Crippen LogP contribution < -0.4 is 5.09 Å². The van der Waals surface area contributed by atoms with Gasteiger partial charge in [-0.1, -0.05) is 13.3 Å². The Balaban J connectivity index is 2.36. The third kappa shape index (κ3) is 5.26. The Morgan fingerprint density at radius 1 is 1.62 bits per heavy atom. The number of aryl methyl sites for hydroxylation is 1. The first-order valence-corrected chi connectivity index (χ1v) is 8.43. The highest BCUT2D eigenvalue weighted by Gasteiger charge is 2.19. The van der Waals surface area contributed by atoms with Crippen LogP contribution in [0.2, 0.25) is 0 Å². The lowest BCUT2D eigenvalue weighted by molar-refractivity contribution is 0.445. The maximum Gasteiger partial charge on any atom is 0.267 e. The van der Waals surface area contributed by atoms with E-state index in [0.717, 1.165) is 18.4 Å². The Hall–Kier alpha value is -0.150. The van der Waals surface area contributed by atoms with E-state index in [0.29, 0.717) is 12.6 Å². The zero-order valence-electron chi connectivity index (χ0n) is 9.85. The van der Waals surface area contributed by atoms with Crippen molar-refractivity contribution in [1.82, 2.24) is 5.09 Å². The Morgan fingerprint density at radius 3 is 2.94 bits per heavy atom. The van der Waals surface area contributed by atoms with E-state index < -0.39 is 7.52 Å². The minimum atomic E-state index is -3.16. The summed E-state index contributed by atoms with van der Waals surface area (Å²) in [6.07, 6.45) is 2.95. The molecule has 0 spiro atoms. The molecule has 0 saturated carbocycles. The van der Waals surface area contributed by atoms with Gasteiger partial charge in [-0.2, -0.15) is 11.3 Å². The molecule has 0 amide bonds. The number of nitrogens with one attached hydrogen (secondary N) is 1. The Bertz CT molecular complexity index is 340. The zero-order valence-corrected chi connectivity index (χ0v) is 11.6. The van der Waals surface area contributed by atoms with Crippen molar-refractivity contribution in [2.75, 3.05) is 6.16 Å². The van der Waals surface area contributed by atoms with Crippen molar-refractivity contribution in [3.8, 4) is 0 Å². The zero-order chi connectivity index (χ0) is 12.0. The SMILES string of the molecule is CCCC(C)NP(=O)(O)CCc1ccsc1. The van der Waals surface area contributed by atoms with Crippen LogP contribution in [-0.2, 0) is 11.0 Å². The Labute approximate surface area is 101 Å². The highest BCUT2D eigenvalue weighted by molar-refractivity contribution is 7.55. The molecule has 92 valence electrons. The first-order valence-electron chi connectivity index (χ1n) is 5.64. The molecule has 1 rings (SSSR count). The van der Waals surface area contributed by atoms with Crippen molar-refractivity contribution in [2.45, 2.75) is 39.2 Å². The van der Waals surface area contributed by atoms with Crippen LogP contribution in [0.3, 0.4) is 0 Å². The van der Waals surface area contributed by atoms with Crippen LogP contribution in [-0.4, -0.2) is 17.1 Å². The predicted octanol–water partition coefficient (Wildman–Crippen LogP) is 3.25. The summed E-state index contributed by atoms with van der Waals surface area (Å²) in [6, 6.07) is 2.11. The molecule has 5 heteroatoms. The first-order chi connectivity index (χ1) is 7.53. The topological polar surface area (TPSA) is 49.3 Å². The molecule has 0 aliphatic rings. The van der Waals surface area contributed by atoms with Gasteiger partial charge in [0.1, 0.15) is 0 Å². The van der Waals surface area contributed by atoms with Crippen molar-refractivity contribution in [2.24, 2.45) is 0 Å². The monoisotopic (exact) mass is 261 g/mol. The van der Waals surface area contributed by atoms with E-state index in [1.54, 1.807) is 11.3 Å². The fraction of sp³-hybridized carbons (Fsp3) is 0.636. The van der Waals surface area contributed by atoms with Gasteiger partial charge in [0.15, 0.2) is 0 Å². The van der Waals surface area contributed by atoms with Crippen LogP contribution in [0.4, 0.5) is 0 Å². The van der Waals surface area contributed by atoms with E-state index >= 15 is 0 Å². The smallest absolute Gasteiger partial charge is 0.267 e. The molecular formula is C11H20NO2PS. The standard InChI is InChI=1S/C11H20NO2PS/c1-3-4-10(2)12-15(13,14)7-5-11-6-8-16-9-11/h6,8-10H,3-5,7H2,1-2H3,(H2,12,13,14). The van der Waals surface area contributed by atoms with E-state index in [1.165, 1.54) is 0 Å². The quantitative estimate of drug-likeness (QED) is 0.741. The number of thiophene rings is 1. The third-order valence-corrected chi connectivity index (χ3v) is 4.83. The third-order valence-electron chi connectivity index (χ3n) is 2.43. The average molecular weight is 261 g/mol. The maximum absolute atomic E-state index is 11.8. The summed E-state index contributed by atoms with van der Waals surface area (Å²) >= 11 is 1.62. The molecule has 0 bridgehead atoms. The van der Waals surface area contributed by atoms with Crippen LogP contribution in [0.15, 0.2) is 16.8 Å². The Morgan fingerprint density at radius 2 is 2.38 bits per heavy atom. The summed E-state index contributed by atoms with van der Waals surface area (Å²) in [5.41, 5.74) is 1.14. The highest BCUT2D eigenvalue weighted by Crippen LogP contribution is 2.37. The number of hydrogen-bond acceptors (Lipinski definition) is 2. The molecule has 1 aromatic heterocycles. The van der Waals surface area contributed by atoms with Gasteiger partial charge < -0.3 is 4.89 Å². The van der Waals surface area contributed by atoms with Gasteiger partial charge in [0.05, 0.1) is 0 Å². The van der Waals surface area contributed by atoms with Crippen molar-refractivity contribution >= 4 is 18.9 Å². The van der Waals surface area contributed by atoms with Crippen molar-refractivity contribution in [3.63, 3.8) is 0 Å². The molecule has 0 aliphatic heterocycles. The fourth-order valence-electron chi connectivity index (χ4n) is 1.62. The molecule has 1 aromatic rings. The van der Waals surface area contributed by atoms with Gasteiger partial charge in [0.25, 0.3) is 7.52 Å². The molecule has 1 heterocycles. The van der Waals surface area contributed by atoms with E-state index in [-0.39, 0.29) is 6.04 Å². The van der Waals surface area contributed by atoms with E-state index in [1.807, 2.05) is 23.8 Å². The summed E-state index contributed by atoms with van der Waals surface area (Å²) < 4.78 is 11.8. The second-order valence-corrected chi connectivity index (χ2v) is 7.01. The molecule has 0 aromatic carbocycles. The largest absolute Gasteiger partial charge is 0.333 e. The van der Waals surface area contributed by atoms with Crippen LogP contribution in [0.25, 0.3) is 0 Å². The second-order valence-electron chi connectivity index (χ2n) is 4.13. The maximum atomic E-state index is 11.8. The van der Waals surface area contributed by atoms with Crippen molar-refractivity contribution in [1.29, 1.82) is 0 Å². The summed E-state index contributed by atoms with van der Waals surface area (Å²) in [4.78, 5) is 9.76. The number of hydrogen-bond donors (Lipinski definition) is 2. The minimum Gasteiger partial charge on any atom is -0.333 e. The molecule has 0 saturated heterocycles. The lowest BCUT2D eigenvalue weighted by Crippen LogP contribution is -2.24. The van der Waals surface area contributed by atoms with Gasteiger partial charge in [0, 0.05) is 12.2 Å². The molecule has 16 heavy (non-hydrogen) atoms. The molecule has 2 N–H and O–H groups in total. The van der Waals surface area contributed by atoms with Crippen molar-refractivity contribution < 1.29 is 9.46 Å². The summed E-state index contributed by atoms with van der Waals surface area (Å²) in [5.74, 6) is 0. The molecule has 0 aliphatic carbocycles. The van der Waals surface area contributed by atoms with Gasteiger partial charge in [-0.15, -0.1) is 0 Å². The Kier molecular flexibility index (Phi) is 5.70. The average Bonchev–Trinajstić information content (AvgIpc) is 2.66. The molecule has 2 atom stereocenters. The van der Waals surface area contributed by atoms with Crippen LogP contribution >= 0.6 is 18.9 Å². The van der Waals surface area contributed by atoms with Crippen molar-refractivity contribution in [3.05, 3.63) is 22.4 Å². The van der Waals surface area contributed by atoms with E-state index in [2.05, 4.69) is 12.0 Å². The highest BCUT2D eigenvalue weighted by atomic mass is 32.1.